The van der Waals surface area contributed by atoms with Crippen LogP contribution >= 0.6 is 34.4 Å². The molecule has 0 aromatic carbocycles. The van der Waals surface area contributed by atoms with Gasteiger partial charge in [0.05, 0.1) is 5.69 Å². The fourth-order valence-corrected chi connectivity index (χ4v) is 1.19. The molecule has 1 aromatic heterocycles. The molecule has 0 bridgehead atoms. The first-order chi connectivity index (χ1) is 5.33. The summed E-state index contributed by atoms with van der Waals surface area (Å²) < 4.78 is 1.25. The van der Waals surface area contributed by atoms with Crippen molar-refractivity contribution in [1.29, 1.82) is 0 Å². The van der Waals surface area contributed by atoms with Gasteiger partial charge in [0.1, 0.15) is 0 Å². The Bertz CT molecular complexity index is 246. The zero-order chi connectivity index (χ0) is 8.10. The van der Waals surface area contributed by atoms with Crippen molar-refractivity contribution in [3.05, 3.63) is 33.0 Å². The predicted molar refractivity (Wildman–Crippen MR) is 59.7 cm³/mol. The molecule has 11 heavy (non-hydrogen) atoms. The summed E-state index contributed by atoms with van der Waals surface area (Å²) in [4.78, 5) is 4.17. The van der Waals surface area contributed by atoms with E-state index >= 15 is 0 Å². The monoisotopic (exact) mass is 277 g/mol. The highest BCUT2D eigenvalue weighted by Crippen LogP contribution is 2.21. The van der Waals surface area contributed by atoms with E-state index in [1.165, 1.54) is 2.91 Å². The van der Waals surface area contributed by atoms with Gasteiger partial charge < -0.3 is 0 Å². The van der Waals surface area contributed by atoms with Gasteiger partial charge in [-0.15, -0.1) is 11.8 Å². The minimum atomic E-state index is 1.02. The maximum absolute atomic E-state index is 4.17. The summed E-state index contributed by atoms with van der Waals surface area (Å²) in [5.74, 6) is 0. The molecular formula is C8H8INS. The minimum Gasteiger partial charge on any atom is -0.257 e. The largest absolute Gasteiger partial charge is 0.257 e. The molecule has 0 amide bonds. The summed E-state index contributed by atoms with van der Waals surface area (Å²) in [5.41, 5.74) is 1.02. The standard InChI is InChI=1S/C8H8INS/c1-11-8(9)6-7-4-2-3-5-10-7/h2-6H,1H3. The van der Waals surface area contributed by atoms with Gasteiger partial charge in [0.15, 0.2) is 0 Å². The Morgan fingerprint density at radius 2 is 2.45 bits per heavy atom. The molecule has 1 heterocycles. The van der Waals surface area contributed by atoms with E-state index in [4.69, 9.17) is 0 Å². The van der Waals surface area contributed by atoms with E-state index in [0.29, 0.717) is 0 Å². The minimum absolute atomic E-state index is 1.02. The van der Waals surface area contributed by atoms with Crippen LogP contribution in [0.5, 0.6) is 0 Å². The molecule has 1 aromatic rings. The van der Waals surface area contributed by atoms with E-state index in [-0.39, 0.29) is 0 Å². The van der Waals surface area contributed by atoms with Gasteiger partial charge in [0.25, 0.3) is 0 Å². The molecule has 0 aliphatic heterocycles. The lowest BCUT2D eigenvalue weighted by atomic mass is 10.3. The molecule has 0 aliphatic rings. The molecule has 0 fully saturated rings. The number of hydrogen-bond acceptors (Lipinski definition) is 2. The molecular weight excluding hydrogens is 269 g/mol. The third-order valence-electron chi connectivity index (χ3n) is 1.14. The van der Waals surface area contributed by atoms with Crippen molar-refractivity contribution in [3.8, 4) is 0 Å². The number of pyridine rings is 1. The van der Waals surface area contributed by atoms with Crippen molar-refractivity contribution >= 4 is 40.4 Å². The number of rotatable bonds is 2. The SMILES string of the molecule is CSC(I)=Cc1ccccn1. The maximum Gasteiger partial charge on any atom is 0.0645 e. The lowest BCUT2D eigenvalue weighted by Crippen LogP contribution is -1.76. The van der Waals surface area contributed by atoms with E-state index in [1.54, 1.807) is 18.0 Å². The molecule has 0 atom stereocenters. The Balaban J connectivity index is 2.79. The Labute approximate surface area is 84.4 Å². The van der Waals surface area contributed by atoms with Gasteiger partial charge in [-0.05, 0) is 47.1 Å². The van der Waals surface area contributed by atoms with Gasteiger partial charge in [-0.25, -0.2) is 0 Å². The fraction of sp³-hybridized carbons (Fsp3) is 0.125. The number of hydrogen-bond donors (Lipinski definition) is 0. The van der Waals surface area contributed by atoms with Gasteiger partial charge in [0.2, 0.25) is 0 Å². The number of halogens is 1. The molecule has 0 saturated heterocycles. The van der Waals surface area contributed by atoms with Crippen LogP contribution in [0.25, 0.3) is 6.08 Å². The van der Waals surface area contributed by atoms with Crippen LogP contribution in [0.15, 0.2) is 27.3 Å². The average Bonchev–Trinajstić information content (AvgIpc) is 2.06. The van der Waals surface area contributed by atoms with E-state index in [9.17, 15) is 0 Å². The van der Waals surface area contributed by atoms with Gasteiger partial charge in [-0.3, -0.25) is 4.98 Å². The van der Waals surface area contributed by atoms with Crippen LogP contribution in [0.4, 0.5) is 0 Å². The normalized spacial score (nSPS) is 11.6. The Kier molecular flexibility index (Phi) is 3.93. The molecule has 0 saturated carbocycles. The van der Waals surface area contributed by atoms with Crippen LogP contribution in [0.3, 0.4) is 0 Å². The van der Waals surface area contributed by atoms with Gasteiger partial charge in [0, 0.05) is 9.11 Å². The fourth-order valence-electron chi connectivity index (χ4n) is 0.637. The summed E-state index contributed by atoms with van der Waals surface area (Å²) in [6.07, 6.45) is 5.92. The van der Waals surface area contributed by atoms with Crippen molar-refractivity contribution < 1.29 is 0 Å². The molecule has 0 radical (unpaired) electrons. The van der Waals surface area contributed by atoms with E-state index in [0.717, 1.165) is 5.69 Å². The Hall–Kier alpha value is -0.0300. The summed E-state index contributed by atoms with van der Waals surface area (Å²) in [7, 11) is 0. The Morgan fingerprint density at radius 1 is 1.64 bits per heavy atom. The summed E-state index contributed by atoms with van der Waals surface area (Å²) >= 11 is 4.02. The number of thioether (sulfide) groups is 1. The maximum atomic E-state index is 4.17. The first-order valence-corrected chi connectivity index (χ1v) is 5.45. The first kappa shape index (κ1) is 9.06. The summed E-state index contributed by atoms with van der Waals surface area (Å²) in [6.45, 7) is 0. The molecule has 1 nitrogen and oxygen atoms in total. The first-order valence-electron chi connectivity index (χ1n) is 3.15. The second-order valence-corrected chi connectivity index (χ2v) is 4.65. The van der Waals surface area contributed by atoms with Crippen molar-refractivity contribution in [1.82, 2.24) is 4.98 Å². The van der Waals surface area contributed by atoms with Crippen molar-refractivity contribution in [3.63, 3.8) is 0 Å². The highest BCUT2D eigenvalue weighted by atomic mass is 127. The van der Waals surface area contributed by atoms with Crippen molar-refractivity contribution in [2.24, 2.45) is 0 Å². The van der Waals surface area contributed by atoms with Gasteiger partial charge in [-0.2, -0.15) is 0 Å². The lowest BCUT2D eigenvalue weighted by Gasteiger charge is -1.92. The molecule has 0 unspecified atom stereocenters. The van der Waals surface area contributed by atoms with Crippen LogP contribution in [-0.2, 0) is 0 Å². The zero-order valence-corrected chi connectivity index (χ0v) is 9.09. The highest BCUT2D eigenvalue weighted by molar-refractivity contribution is 14.1. The number of nitrogens with zero attached hydrogens (tertiary/aromatic N) is 1. The molecule has 3 heteroatoms. The third kappa shape index (κ3) is 3.25. The predicted octanol–water partition coefficient (Wildman–Crippen LogP) is 3.18. The highest BCUT2D eigenvalue weighted by Gasteiger charge is 1.89. The molecule has 0 spiro atoms. The van der Waals surface area contributed by atoms with Crippen molar-refractivity contribution in [2.75, 3.05) is 6.26 Å². The molecule has 1 rings (SSSR count). The second-order valence-electron chi connectivity index (χ2n) is 1.91. The number of aromatic nitrogens is 1. The van der Waals surface area contributed by atoms with E-state index in [1.807, 2.05) is 18.2 Å². The third-order valence-corrected chi connectivity index (χ3v) is 3.28. The van der Waals surface area contributed by atoms with Crippen LogP contribution in [0.2, 0.25) is 0 Å². The van der Waals surface area contributed by atoms with Crippen LogP contribution in [0, 0.1) is 0 Å². The topological polar surface area (TPSA) is 12.9 Å². The second kappa shape index (κ2) is 4.77. The van der Waals surface area contributed by atoms with Gasteiger partial charge in [-0.1, -0.05) is 6.07 Å². The average molecular weight is 277 g/mol. The quantitative estimate of drug-likeness (QED) is 0.770. The van der Waals surface area contributed by atoms with Gasteiger partial charge >= 0.3 is 0 Å². The Morgan fingerprint density at radius 3 is 3.00 bits per heavy atom. The summed E-state index contributed by atoms with van der Waals surface area (Å²) in [5, 5.41) is 0. The van der Waals surface area contributed by atoms with E-state index in [2.05, 4.69) is 39.9 Å². The smallest absolute Gasteiger partial charge is 0.0645 e. The van der Waals surface area contributed by atoms with Crippen LogP contribution < -0.4 is 0 Å². The molecule has 58 valence electrons. The summed E-state index contributed by atoms with van der Waals surface area (Å²) in [6, 6.07) is 5.90. The van der Waals surface area contributed by atoms with Crippen molar-refractivity contribution in [2.45, 2.75) is 0 Å². The van der Waals surface area contributed by atoms with Crippen LogP contribution in [0.1, 0.15) is 5.69 Å². The molecule has 0 aliphatic carbocycles. The molecule has 0 N–H and O–H groups in total. The zero-order valence-electron chi connectivity index (χ0n) is 6.12. The van der Waals surface area contributed by atoms with Crippen LogP contribution in [-0.4, -0.2) is 11.2 Å². The van der Waals surface area contributed by atoms with E-state index < -0.39 is 0 Å². The lowest BCUT2D eigenvalue weighted by molar-refractivity contribution is 1.30.